The van der Waals surface area contributed by atoms with Gasteiger partial charge in [-0.1, -0.05) is 19.1 Å². The summed E-state index contributed by atoms with van der Waals surface area (Å²) >= 11 is 0. The molecule has 32 heavy (non-hydrogen) atoms. The standard InChI is InChI=1S/C24H23N3O4S/c1-2-15-31-20-6-10-22(11-7-20)32(29,30)21-8-3-18(4-9-21)5-12-23(28)19-16-26-24-25-13-14-27(24)17-19/h3-4,6-11,13-14,16-17H,2,5,12,15H2,1H3. The van der Waals surface area contributed by atoms with Crippen LogP contribution in [0.3, 0.4) is 0 Å². The first kappa shape index (κ1) is 21.7. The van der Waals surface area contributed by atoms with E-state index in [9.17, 15) is 13.2 Å². The number of hydrogen-bond donors (Lipinski definition) is 0. The fourth-order valence-corrected chi connectivity index (χ4v) is 4.53. The summed E-state index contributed by atoms with van der Waals surface area (Å²) in [5, 5.41) is 0. The van der Waals surface area contributed by atoms with Crippen molar-refractivity contribution in [1.29, 1.82) is 0 Å². The lowest BCUT2D eigenvalue weighted by molar-refractivity contribution is 0.0982. The number of benzene rings is 2. The van der Waals surface area contributed by atoms with Crippen LogP contribution in [0.4, 0.5) is 0 Å². The van der Waals surface area contributed by atoms with Crippen LogP contribution >= 0.6 is 0 Å². The molecule has 0 saturated carbocycles. The SMILES string of the molecule is CCCOc1ccc(S(=O)(=O)c2ccc(CCC(=O)c3cnc4nccn4c3)cc2)cc1. The second kappa shape index (κ2) is 9.32. The molecule has 0 atom stereocenters. The zero-order chi connectivity index (χ0) is 22.6. The molecule has 0 unspecified atom stereocenters. The van der Waals surface area contributed by atoms with Crippen LogP contribution in [0.1, 0.15) is 35.7 Å². The number of carbonyl (C=O) groups excluding carboxylic acids is 1. The van der Waals surface area contributed by atoms with E-state index in [0.717, 1.165) is 12.0 Å². The van der Waals surface area contributed by atoms with Crippen LogP contribution in [0.2, 0.25) is 0 Å². The van der Waals surface area contributed by atoms with Gasteiger partial charge in [-0.2, -0.15) is 0 Å². The highest BCUT2D eigenvalue weighted by Gasteiger charge is 2.18. The van der Waals surface area contributed by atoms with Gasteiger partial charge in [0.1, 0.15) is 5.75 Å². The smallest absolute Gasteiger partial charge is 0.233 e. The number of hydrogen-bond acceptors (Lipinski definition) is 6. The molecule has 0 aliphatic carbocycles. The van der Waals surface area contributed by atoms with Gasteiger partial charge in [-0.3, -0.25) is 9.20 Å². The zero-order valence-corrected chi connectivity index (χ0v) is 18.5. The Morgan fingerprint density at radius 3 is 2.38 bits per heavy atom. The number of carbonyl (C=O) groups is 1. The normalized spacial score (nSPS) is 11.5. The van der Waals surface area contributed by atoms with Gasteiger partial charge in [-0.05, 0) is 54.8 Å². The summed E-state index contributed by atoms with van der Waals surface area (Å²) in [7, 11) is -3.62. The van der Waals surface area contributed by atoms with Crippen LogP contribution < -0.4 is 4.74 Å². The third-order valence-corrected chi connectivity index (χ3v) is 6.83. The van der Waals surface area contributed by atoms with Gasteiger partial charge in [0.15, 0.2) is 5.78 Å². The maximum Gasteiger partial charge on any atom is 0.233 e. The molecule has 0 fully saturated rings. The van der Waals surface area contributed by atoms with E-state index in [4.69, 9.17) is 4.74 Å². The van der Waals surface area contributed by atoms with Gasteiger partial charge in [-0.15, -0.1) is 0 Å². The Hall–Kier alpha value is -3.52. The minimum Gasteiger partial charge on any atom is -0.494 e. The Morgan fingerprint density at radius 2 is 1.69 bits per heavy atom. The van der Waals surface area contributed by atoms with Crippen molar-refractivity contribution in [3.63, 3.8) is 0 Å². The molecule has 2 aromatic carbocycles. The molecule has 2 heterocycles. The van der Waals surface area contributed by atoms with Crippen molar-refractivity contribution in [3.05, 3.63) is 84.4 Å². The Labute approximate surface area is 186 Å². The molecule has 0 aliphatic rings. The lowest BCUT2D eigenvalue weighted by Crippen LogP contribution is -2.05. The highest BCUT2D eigenvalue weighted by atomic mass is 32.2. The predicted octanol–water partition coefficient (Wildman–Crippen LogP) is 4.17. The maximum atomic E-state index is 12.9. The molecular formula is C24H23N3O4S. The summed E-state index contributed by atoms with van der Waals surface area (Å²) in [4.78, 5) is 21.2. The van der Waals surface area contributed by atoms with Crippen molar-refractivity contribution in [1.82, 2.24) is 14.4 Å². The van der Waals surface area contributed by atoms with Crippen molar-refractivity contribution in [3.8, 4) is 5.75 Å². The first-order valence-electron chi connectivity index (χ1n) is 10.4. The van der Waals surface area contributed by atoms with Crippen molar-refractivity contribution >= 4 is 21.4 Å². The molecule has 0 amide bonds. The van der Waals surface area contributed by atoms with E-state index in [1.54, 1.807) is 71.5 Å². The van der Waals surface area contributed by atoms with Crippen LogP contribution in [0.15, 0.2) is 83.1 Å². The average Bonchev–Trinajstić information content (AvgIpc) is 3.30. The number of ketones is 1. The van der Waals surface area contributed by atoms with Gasteiger partial charge in [0.2, 0.25) is 15.6 Å². The quantitative estimate of drug-likeness (QED) is 0.356. The topological polar surface area (TPSA) is 90.6 Å². The fraction of sp³-hybridized carbons (Fsp3) is 0.208. The average molecular weight is 450 g/mol. The van der Waals surface area contributed by atoms with Gasteiger partial charge in [0.05, 0.1) is 22.0 Å². The molecule has 7 nitrogen and oxygen atoms in total. The number of aromatic nitrogens is 3. The van der Waals surface area contributed by atoms with E-state index in [-0.39, 0.29) is 15.6 Å². The van der Waals surface area contributed by atoms with E-state index in [1.807, 2.05) is 6.92 Å². The number of imidazole rings is 1. The first-order chi connectivity index (χ1) is 15.5. The minimum atomic E-state index is -3.62. The molecule has 2 aromatic heterocycles. The molecule has 4 rings (SSSR count). The molecule has 0 radical (unpaired) electrons. The molecule has 0 aliphatic heterocycles. The summed E-state index contributed by atoms with van der Waals surface area (Å²) in [5.74, 6) is 1.16. The van der Waals surface area contributed by atoms with Crippen LogP contribution in [-0.2, 0) is 16.3 Å². The van der Waals surface area contributed by atoms with Gasteiger partial charge in [0, 0.05) is 31.2 Å². The Kier molecular flexibility index (Phi) is 6.32. The van der Waals surface area contributed by atoms with Gasteiger partial charge >= 0.3 is 0 Å². The first-order valence-corrected chi connectivity index (χ1v) is 11.8. The predicted molar refractivity (Wildman–Crippen MR) is 120 cm³/mol. The Balaban J connectivity index is 1.41. The maximum absolute atomic E-state index is 12.9. The van der Waals surface area contributed by atoms with Crippen LogP contribution in [0.5, 0.6) is 5.75 Å². The largest absolute Gasteiger partial charge is 0.494 e. The lowest BCUT2D eigenvalue weighted by atomic mass is 10.0. The molecular weight excluding hydrogens is 426 g/mol. The second-order valence-electron chi connectivity index (χ2n) is 7.37. The number of sulfone groups is 1. The van der Waals surface area contributed by atoms with Gasteiger partial charge < -0.3 is 4.74 Å². The third-order valence-electron chi connectivity index (χ3n) is 5.05. The Morgan fingerprint density at radius 1 is 1.00 bits per heavy atom. The third kappa shape index (κ3) is 4.70. The van der Waals surface area contributed by atoms with Crippen LogP contribution in [-0.4, -0.2) is 35.2 Å². The molecule has 0 bridgehead atoms. The second-order valence-corrected chi connectivity index (χ2v) is 9.32. The van der Waals surface area contributed by atoms with Gasteiger partial charge in [-0.25, -0.2) is 18.4 Å². The number of nitrogens with zero attached hydrogens (tertiary/aromatic N) is 3. The van der Waals surface area contributed by atoms with E-state index in [2.05, 4.69) is 9.97 Å². The highest BCUT2D eigenvalue weighted by Crippen LogP contribution is 2.24. The highest BCUT2D eigenvalue weighted by molar-refractivity contribution is 7.91. The fourth-order valence-electron chi connectivity index (χ4n) is 3.27. The molecule has 8 heteroatoms. The Bertz CT molecular complexity index is 1330. The minimum absolute atomic E-state index is 0.0322. The van der Waals surface area contributed by atoms with E-state index >= 15 is 0 Å². The summed E-state index contributed by atoms with van der Waals surface area (Å²) in [6.07, 6.45) is 8.29. The van der Waals surface area contributed by atoms with E-state index in [0.29, 0.717) is 36.5 Å². The summed E-state index contributed by atoms with van der Waals surface area (Å²) in [6, 6.07) is 13.1. The van der Waals surface area contributed by atoms with Crippen molar-refractivity contribution in [2.75, 3.05) is 6.61 Å². The van der Waals surface area contributed by atoms with Crippen molar-refractivity contribution < 1.29 is 17.9 Å². The number of rotatable bonds is 9. The molecule has 0 spiro atoms. The van der Waals surface area contributed by atoms with Crippen molar-refractivity contribution in [2.45, 2.75) is 36.0 Å². The number of aryl methyl sites for hydroxylation is 1. The number of Topliss-reactive ketones (excluding diaryl/α,β-unsaturated/α-hetero) is 1. The molecule has 0 N–H and O–H groups in total. The molecule has 0 saturated heterocycles. The van der Waals surface area contributed by atoms with Crippen LogP contribution in [0, 0.1) is 0 Å². The van der Waals surface area contributed by atoms with E-state index < -0.39 is 9.84 Å². The lowest BCUT2D eigenvalue weighted by Gasteiger charge is -2.08. The van der Waals surface area contributed by atoms with Crippen LogP contribution in [0.25, 0.3) is 5.78 Å². The summed E-state index contributed by atoms with van der Waals surface area (Å²) in [6.45, 7) is 2.60. The van der Waals surface area contributed by atoms with Gasteiger partial charge in [0.25, 0.3) is 0 Å². The molecule has 4 aromatic rings. The number of ether oxygens (including phenoxy) is 1. The van der Waals surface area contributed by atoms with E-state index in [1.165, 1.54) is 6.20 Å². The zero-order valence-electron chi connectivity index (χ0n) is 17.6. The van der Waals surface area contributed by atoms with Crippen molar-refractivity contribution in [2.24, 2.45) is 0 Å². The summed E-state index contributed by atoms with van der Waals surface area (Å²) < 4.78 is 33.0. The monoisotopic (exact) mass is 449 g/mol. The molecule has 164 valence electrons. The summed E-state index contributed by atoms with van der Waals surface area (Å²) in [5.41, 5.74) is 1.40. The number of fused-ring (bicyclic) bond motifs is 1.